The van der Waals surface area contributed by atoms with E-state index in [4.69, 9.17) is 4.74 Å². The highest BCUT2D eigenvalue weighted by Crippen LogP contribution is 2.31. The van der Waals surface area contributed by atoms with Crippen molar-refractivity contribution in [2.24, 2.45) is 0 Å². The first-order valence-electron chi connectivity index (χ1n) is 9.36. The van der Waals surface area contributed by atoms with Crippen molar-refractivity contribution < 1.29 is 9.53 Å². The van der Waals surface area contributed by atoms with Crippen LogP contribution in [0.4, 0.5) is 0 Å². The van der Waals surface area contributed by atoms with Crippen LogP contribution in [0.1, 0.15) is 34.9 Å². The lowest BCUT2D eigenvalue weighted by Gasteiger charge is -2.29. The topological polar surface area (TPSA) is 70.2 Å². The lowest BCUT2D eigenvalue weighted by atomic mass is 10.0. The van der Waals surface area contributed by atoms with Crippen LogP contribution in [0.25, 0.3) is 10.9 Å². The monoisotopic (exact) mass is 364 g/mol. The van der Waals surface area contributed by atoms with Crippen molar-refractivity contribution in [2.45, 2.75) is 18.9 Å². The quantitative estimate of drug-likeness (QED) is 0.705. The molecule has 140 valence electrons. The maximum absolute atomic E-state index is 12.8. The molecule has 1 saturated heterocycles. The third-order valence-corrected chi connectivity index (χ3v) is 5.22. The van der Waals surface area contributed by atoms with Crippen LogP contribution in [0.15, 0.2) is 48.5 Å². The number of para-hydroxylation sites is 2. The summed E-state index contributed by atoms with van der Waals surface area (Å²) < 4.78 is 5.57. The van der Waals surface area contributed by atoms with Gasteiger partial charge in [-0.05, 0) is 38.1 Å². The van der Waals surface area contributed by atoms with Gasteiger partial charge in [0.1, 0.15) is 5.75 Å². The smallest absolute Gasteiger partial charge is 0.272 e. The minimum atomic E-state index is -0.161. The molecule has 2 N–H and O–H groups in total. The zero-order valence-electron chi connectivity index (χ0n) is 15.4. The number of amides is 1. The number of hydrogen-bond donors (Lipinski definition) is 2. The number of likely N-dealkylation sites (tertiary alicyclic amines) is 1. The Balaban J connectivity index is 1.56. The molecule has 0 bridgehead atoms. The highest BCUT2D eigenvalue weighted by molar-refractivity contribution is 6.04. The van der Waals surface area contributed by atoms with Crippen molar-refractivity contribution in [3.8, 4) is 5.75 Å². The summed E-state index contributed by atoms with van der Waals surface area (Å²) in [7, 11) is 1.69. The molecule has 0 spiro atoms. The number of nitrogens with zero attached hydrogens (tertiary/aromatic N) is 2. The number of benzene rings is 2. The maximum Gasteiger partial charge on any atom is 0.272 e. The van der Waals surface area contributed by atoms with Gasteiger partial charge in [0.05, 0.1) is 18.7 Å². The van der Waals surface area contributed by atoms with Crippen LogP contribution in [0.3, 0.4) is 0 Å². The first-order chi connectivity index (χ1) is 13.3. The molecular formula is C21H24N4O2. The highest BCUT2D eigenvalue weighted by Gasteiger charge is 2.27. The van der Waals surface area contributed by atoms with Crippen LogP contribution in [0, 0.1) is 0 Å². The first kappa shape index (κ1) is 17.5. The minimum Gasteiger partial charge on any atom is -0.496 e. The SMILES string of the molecule is COc1ccccc1[C@H](CNC(=O)c1n[nH]c2ccccc12)N1CCCC1. The van der Waals surface area contributed by atoms with E-state index < -0.39 is 0 Å². The lowest BCUT2D eigenvalue weighted by molar-refractivity contribution is 0.0934. The van der Waals surface area contributed by atoms with Gasteiger partial charge < -0.3 is 10.1 Å². The third kappa shape index (κ3) is 3.53. The van der Waals surface area contributed by atoms with Crippen molar-refractivity contribution in [1.29, 1.82) is 0 Å². The second-order valence-electron chi connectivity index (χ2n) is 6.83. The van der Waals surface area contributed by atoms with E-state index in [0.29, 0.717) is 12.2 Å². The molecule has 0 unspecified atom stereocenters. The van der Waals surface area contributed by atoms with E-state index in [1.54, 1.807) is 7.11 Å². The van der Waals surface area contributed by atoms with Gasteiger partial charge in [-0.1, -0.05) is 36.4 Å². The maximum atomic E-state index is 12.8. The number of aromatic amines is 1. The van der Waals surface area contributed by atoms with Gasteiger partial charge in [-0.2, -0.15) is 5.10 Å². The summed E-state index contributed by atoms with van der Waals surface area (Å²) in [6.07, 6.45) is 2.37. The van der Waals surface area contributed by atoms with Crippen molar-refractivity contribution in [3.63, 3.8) is 0 Å². The Labute approximate surface area is 158 Å². The van der Waals surface area contributed by atoms with E-state index in [1.165, 1.54) is 12.8 Å². The molecule has 1 amide bonds. The average Bonchev–Trinajstić information content (AvgIpc) is 3.38. The fourth-order valence-corrected chi connectivity index (χ4v) is 3.84. The van der Waals surface area contributed by atoms with E-state index in [-0.39, 0.29) is 11.9 Å². The van der Waals surface area contributed by atoms with E-state index in [9.17, 15) is 4.79 Å². The number of carbonyl (C=O) groups is 1. The molecule has 1 aliphatic rings. The van der Waals surface area contributed by atoms with Gasteiger partial charge in [0, 0.05) is 17.5 Å². The normalized spacial score (nSPS) is 15.7. The molecule has 0 saturated carbocycles. The van der Waals surface area contributed by atoms with E-state index in [1.807, 2.05) is 42.5 Å². The summed E-state index contributed by atoms with van der Waals surface area (Å²) >= 11 is 0. The number of aromatic nitrogens is 2. The Bertz CT molecular complexity index is 931. The zero-order valence-corrected chi connectivity index (χ0v) is 15.4. The summed E-state index contributed by atoms with van der Waals surface area (Å²) in [5.74, 6) is 0.695. The summed E-state index contributed by atoms with van der Waals surface area (Å²) in [4.78, 5) is 15.2. The number of fused-ring (bicyclic) bond motifs is 1. The van der Waals surface area contributed by atoms with Gasteiger partial charge >= 0.3 is 0 Å². The van der Waals surface area contributed by atoms with Gasteiger partial charge in [0.2, 0.25) is 0 Å². The van der Waals surface area contributed by atoms with Crippen molar-refractivity contribution >= 4 is 16.8 Å². The molecule has 4 rings (SSSR count). The second-order valence-corrected chi connectivity index (χ2v) is 6.83. The Kier molecular flexibility index (Phi) is 5.07. The third-order valence-electron chi connectivity index (χ3n) is 5.22. The molecule has 1 atom stereocenters. The first-order valence-corrected chi connectivity index (χ1v) is 9.36. The van der Waals surface area contributed by atoms with Gasteiger partial charge in [-0.25, -0.2) is 0 Å². The number of nitrogens with one attached hydrogen (secondary N) is 2. The number of methoxy groups -OCH3 is 1. The molecule has 1 fully saturated rings. The van der Waals surface area contributed by atoms with Crippen LogP contribution in [0.5, 0.6) is 5.75 Å². The van der Waals surface area contributed by atoms with E-state index in [0.717, 1.165) is 35.3 Å². The van der Waals surface area contributed by atoms with Gasteiger partial charge in [-0.3, -0.25) is 14.8 Å². The largest absolute Gasteiger partial charge is 0.496 e. The van der Waals surface area contributed by atoms with Crippen LogP contribution in [0.2, 0.25) is 0 Å². The van der Waals surface area contributed by atoms with Crippen molar-refractivity contribution in [2.75, 3.05) is 26.7 Å². The molecule has 6 heteroatoms. The minimum absolute atomic E-state index is 0.0813. The van der Waals surface area contributed by atoms with Crippen LogP contribution in [-0.2, 0) is 0 Å². The lowest BCUT2D eigenvalue weighted by Crippen LogP contribution is -2.37. The standard InChI is InChI=1S/C21H24N4O2/c1-27-19-11-5-3-9-16(19)18(25-12-6-7-13-25)14-22-21(26)20-15-8-2-4-10-17(15)23-24-20/h2-5,8-11,18H,6-7,12-14H2,1H3,(H,22,26)(H,23,24)/t18-/m0/s1. The Morgan fingerprint density at radius 2 is 1.93 bits per heavy atom. The number of hydrogen-bond acceptors (Lipinski definition) is 4. The summed E-state index contributed by atoms with van der Waals surface area (Å²) in [5.41, 5.74) is 2.41. The number of H-pyrrole nitrogens is 1. The molecule has 1 aromatic heterocycles. The number of rotatable bonds is 6. The van der Waals surface area contributed by atoms with E-state index in [2.05, 4.69) is 26.5 Å². The molecule has 27 heavy (non-hydrogen) atoms. The molecule has 3 aromatic rings. The molecule has 0 radical (unpaired) electrons. The molecule has 1 aliphatic heterocycles. The second kappa shape index (κ2) is 7.80. The predicted molar refractivity (Wildman–Crippen MR) is 105 cm³/mol. The average molecular weight is 364 g/mol. The summed E-state index contributed by atoms with van der Waals surface area (Å²) in [6, 6.07) is 15.8. The Morgan fingerprint density at radius 1 is 1.19 bits per heavy atom. The predicted octanol–water partition coefficient (Wildman–Crippen LogP) is 3.14. The van der Waals surface area contributed by atoms with E-state index >= 15 is 0 Å². The number of ether oxygens (including phenoxy) is 1. The van der Waals surface area contributed by atoms with Gasteiger partial charge in [-0.15, -0.1) is 0 Å². The molecule has 6 nitrogen and oxygen atoms in total. The van der Waals surface area contributed by atoms with Gasteiger partial charge in [0.15, 0.2) is 5.69 Å². The highest BCUT2D eigenvalue weighted by atomic mass is 16.5. The van der Waals surface area contributed by atoms with Crippen LogP contribution < -0.4 is 10.1 Å². The van der Waals surface area contributed by atoms with Gasteiger partial charge in [0.25, 0.3) is 5.91 Å². The van der Waals surface area contributed by atoms with Crippen molar-refractivity contribution in [3.05, 3.63) is 59.8 Å². The summed E-state index contributed by atoms with van der Waals surface area (Å²) in [6.45, 7) is 2.58. The zero-order chi connectivity index (χ0) is 18.6. The fraction of sp³-hybridized carbons (Fsp3) is 0.333. The van der Waals surface area contributed by atoms with Crippen LogP contribution in [-0.4, -0.2) is 47.7 Å². The van der Waals surface area contributed by atoms with Crippen molar-refractivity contribution in [1.82, 2.24) is 20.4 Å². The molecule has 2 aromatic carbocycles. The molecular weight excluding hydrogens is 340 g/mol. The fourth-order valence-electron chi connectivity index (χ4n) is 3.84. The Morgan fingerprint density at radius 3 is 2.74 bits per heavy atom. The Hall–Kier alpha value is -2.86. The molecule has 0 aliphatic carbocycles. The van der Waals surface area contributed by atoms with Crippen LogP contribution >= 0.6 is 0 Å². The molecule has 2 heterocycles. The summed E-state index contributed by atoms with van der Waals surface area (Å²) in [5, 5.41) is 11.0. The number of carbonyl (C=O) groups excluding carboxylic acids is 1.